The number of amides is 15. The van der Waals surface area contributed by atoms with Crippen LogP contribution in [0.5, 0.6) is 11.5 Å². The number of hydrogen-bond donors (Lipinski definition) is 17. The van der Waals surface area contributed by atoms with Gasteiger partial charge in [-0.15, -0.1) is 11.8 Å². The number of aromatic hydroxyl groups is 2. The number of carboxylic acids is 1. The highest BCUT2D eigenvalue weighted by Crippen LogP contribution is 2.29. The Balaban J connectivity index is 1.07. The number of carboxylic acid groups (broad SMARTS) is 1. The number of likely N-dealkylation sites (N-methyl/N-ethyl adjacent to an activating group) is 3. The number of para-hydroxylation sites is 1. The average molecular weight is 1920 g/mol. The van der Waals surface area contributed by atoms with Crippen LogP contribution in [-0.2, 0) is 115 Å². The number of aromatic nitrogens is 1. The van der Waals surface area contributed by atoms with Crippen molar-refractivity contribution < 1.29 is 111 Å². The number of primary amides is 1. The van der Waals surface area contributed by atoms with Crippen LogP contribution >= 0.6 is 11.8 Å². The topological polar surface area (TPSA) is 567 Å². The number of halogens is 2. The number of nitrogens with zero attached hydrogens (tertiary/aromatic N) is 5. The van der Waals surface area contributed by atoms with E-state index in [-0.39, 0.29) is 81.4 Å². The number of carbonyl (C=O) groups excluding carboxylic acids is 15. The van der Waals surface area contributed by atoms with Crippen LogP contribution in [0.2, 0.25) is 0 Å². The lowest BCUT2D eigenvalue weighted by Gasteiger charge is -2.38. The largest absolute Gasteiger partial charge is 0.508 e. The molecule has 0 bridgehead atoms. The molecule has 1 aromatic heterocycles. The highest BCUT2D eigenvalue weighted by molar-refractivity contribution is 8.00. The van der Waals surface area contributed by atoms with Crippen molar-refractivity contribution >= 4 is 117 Å². The van der Waals surface area contributed by atoms with Crippen LogP contribution in [0, 0.1) is 17.6 Å². The maximum Gasteiger partial charge on any atom is 0.305 e. The molecule has 19 N–H and O–H groups in total. The molecule has 4 heterocycles. The Labute approximate surface area is 793 Å². The summed E-state index contributed by atoms with van der Waals surface area (Å²) < 4.78 is 29.9. The van der Waals surface area contributed by atoms with Crippen molar-refractivity contribution in [2.24, 2.45) is 17.4 Å². The smallest absolute Gasteiger partial charge is 0.305 e. The molecule has 0 aliphatic carbocycles. The number of aliphatic hydroxyl groups is 2. The minimum absolute atomic E-state index is 0.0236. The van der Waals surface area contributed by atoms with E-state index in [2.05, 4.69) is 52.8 Å². The molecule has 6 aromatic carbocycles. The molecule has 137 heavy (non-hydrogen) atoms. The molecule has 15 amide bonds. The van der Waals surface area contributed by atoms with Gasteiger partial charge < -0.3 is 114 Å². The Bertz CT molecular complexity index is 5470. The Hall–Kier alpha value is -13.9. The number of phenols is 2. The third-order valence-electron chi connectivity index (χ3n) is 24.4. The van der Waals surface area contributed by atoms with Gasteiger partial charge in [0.1, 0.15) is 90.0 Å². The molecular weight excluding hydrogens is 1800 g/mol. The number of nitrogens with two attached hydrogens (primary N) is 2. The average Bonchev–Trinajstić information content (AvgIpc) is 1.72. The number of carbonyl (C=O) groups is 16. The Kier molecular flexibility index (Phi) is 38.0. The van der Waals surface area contributed by atoms with Crippen molar-refractivity contribution in [3.63, 3.8) is 0 Å². The van der Waals surface area contributed by atoms with Crippen molar-refractivity contribution in [2.45, 2.75) is 201 Å². The summed E-state index contributed by atoms with van der Waals surface area (Å²) in [5, 5.41) is 78.5. The summed E-state index contributed by atoms with van der Waals surface area (Å²) >= 11 is 0.691. The summed E-state index contributed by atoms with van der Waals surface area (Å²) in [6.07, 6.45) is -5.31. The van der Waals surface area contributed by atoms with Gasteiger partial charge in [-0.25, -0.2) is 8.78 Å². The van der Waals surface area contributed by atoms with Gasteiger partial charge in [0.05, 0.1) is 30.9 Å². The first-order chi connectivity index (χ1) is 65.3. The lowest BCUT2D eigenvalue weighted by molar-refractivity contribution is -0.152. The van der Waals surface area contributed by atoms with Crippen LogP contribution in [0.3, 0.4) is 0 Å². The number of aliphatic hydroxyl groups excluding tert-OH is 2. The maximum absolute atomic E-state index is 15.8. The predicted octanol–water partition coefficient (Wildman–Crippen LogP) is 0.304. The van der Waals surface area contributed by atoms with Crippen molar-refractivity contribution in [2.75, 3.05) is 58.8 Å². The molecule has 41 heteroatoms. The standard InChI is InChI=1S/C96H119F2N17O21S/c1-7-8-25-75-95(135)115-50-63(119)45-78(115)91(131)107-71(46-82(122)123)88(128)110-83(53(2)3)96(136)112(5)76(41-54-18-11-9-12-19-54)89(129)108-73(39-57-28-33-61(117)34-29-57)93(133)114-49-62(118)44-77(114)90(130)106-70(43-59-47-101-67-23-16-15-22-64(59)67)87(127)105-69(38-56-26-31-60(116)32-27-56)86(126)104-68(24-17-36-99)85(125)109-74(84(124)102-48-80(100)120)51-137-52-81(121)103-72(40-58-30-35-65(97)66(98)37-58)92(132)113(6)79(94(134)111(75)4)42-55-20-13-10-14-21-55/h9-16,18-23,26-35,37,47,53,62-63,68-79,83,101,116-119H,7-8,17,24-25,36,38-46,48-52,99H2,1-6H3,(H2,100,120)(H,102,124)(H,103,121)(H,104,126)(H,105,127)(H,106,130)(H,107,131)(H,108,129)(H,109,125)(H,110,128)(H,122,123)/t62-,63-,68-,69-,70-,71-,72-,73-,74-,75-,76-,77+,78+,79?,83-/m0/s1. The number of thioether (sulfide) groups is 1. The first-order valence-electron chi connectivity index (χ1n) is 45.2. The second-order valence-electron chi connectivity index (χ2n) is 34.9. The van der Waals surface area contributed by atoms with Crippen molar-refractivity contribution in [3.05, 3.63) is 203 Å². The van der Waals surface area contributed by atoms with E-state index in [4.69, 9.17) is 11.5 Å². The SMILES string of the molecule is CCCC[C@H]1C(=O)N2C[C@@H](O)C[C@@H]2C(=O)N[C@@H](CC(=O)O)C(=O)N[C@@H](C(C)C)C(=O)N(C)[C@@H](Cc2ccccc2)C(=O)N[C@@H](Cc2ccc(O)cc2)C(=O)N2C[C@@H](O)C[C@@H]2C(=O)N[C@@H](Cc2c[nH]c3ccccc23)C(=O)N[C@@H](Cc2ccc(O)cc2)C(=O)N[C@@H](CCCN)C(=O)N[C@H](C(=O)NCC(N)=O)CSCC(=O)N[C@@H](Cc2ccc(F)c(F)c2)C(=O)N(C)C(Cc2ccccc2)C(=O)N1C. The number of unbranched alkanes of at least 4 members (excludes halogenated alkanes) is 1. The molecule has 0 saturated carbocycles. The molecule has 1 unspecified atom stereocenters. The molecule has 10 rings (SSSR count). The summed E-state index contributed by atoms with van der Waals surface area (Å²) in [6.45, 7) is 2.88. The van der Waals surface area contributed by atoms with E-state index in [0.717, 1.165) is 42.7 Å². The first kappa shape index (κ1) is 105. The fourth-order valence-corrected chi connectivity index (χ4v) is 17.7. The van der Waals surface area contributed by atoms with Crippen molar-refractivity contribution in [3.8, 4) is 11.5 Å². The monoisotopic (exact) mass is 1920 g/mol. The van der Waals surface area contributed by atoms with Crippen LogP contribution in [0.15, 0.2) is 158 Å². The van der Waals surface area contributed by atoms with Crippen LogP contribution in [0.4, 0.5) is 8.78 Å². The number of nitrogens with one attached hydrogen (secondary N) is 10. The number of benzene rings is 6. The molecule has 0 spiro atoms. The van der Waals surface area contributed by atoms with Crippen LogP contribution < -0.4 is 59.3 Å². The Morgan fingerprint density at radius 2 is 0.971 bits per heavy atom. The summed E-state index contributed by atoms with van der Waals surface area (Å²) in [4.78, 5) is 247. The third-order valence-corrected chi connectivity index (χ3v) is 25.4. The van der Waals surface area contributed by atoms with Gasteiger partial charge in [0.25, 0.3) is 0 Å². The maximum atomic E-state index is 15.8. The van der Waals surface area contributed by atoms with Gasteiger partial charge in [-0.05, 0) is 108 Å². The number of H-pyrrole nitrogens is 1. The molecule has 15 atom stereocenters. The molecule has 734 valence electrons. The Morgan fingerprint density at radius 1 is 0.489 bits per heavy atom. The van der Waals surface area contributed by atoms with E-state index in [1.807, 2.05) is 0 Å². The van der Waals surface area contributed by atoms with Gasteiger partial charge >= 0.3 is 5.97 Å². The number of phenolic OH excluding ortho intramolecular Hbond substituents is 2. The number of aromatic amines is 1. The zero-order valence-electron chi connectivity index (χ0n) is 76.7. The molecule has 3 saturated heterocycles. The number of hydrogen-bond acceptors (Lipinski definition) is 22. The van der Waals surface area contributed by atoms with Crippen molar-refractivity contribution in [1.29, 1.82) is 0 Å². The van der Waals surface area contributed by atoms with E-state index in [1.54, 1.807) is 98.0 Å². The molecule has 3 fully saturated rings. The summed E-state index contributed by atoms with van der Waals surface area (Å²) in [6, 6.07) is 15.3. The zero-order valence-corrected chi connectivity index (χ0v) is 77.5. The quantitative estimate of drug-likeness (QED) is 0.0387. The zero-order chi connectivity index (χ0) is 99.6. The molecule has 7 aromatic rings. The number of fused-ring (bicyclic) bond motifs is 3. The van der Waals surface area contributed by atoms with Crippen LogP contribution in [-0.4, -0.2) is 299 Å². The van der Waals surface area contributed by atoms with Crippen molar-refractivity contribution in [1.82, 2.24) is 77.3 Å². The molecule has 3 aliphatic heterocycles. The second-order valence-corrected chi connectivity index (χ2v) is 35.9. The van der Waals surface area contributed by atoms with E-state index in [0.29, 0.717) is 56.9 Å². The fraction of sp³-hybridized carbons (Fsp3) is 0.438. The first-order valence-corrected chi connectivity index (χ1v) is 46.3. The van der Waals surface area contributed by atoms with Gasteiger partial charge in [0.2, 0.25) is 88.6 Å². The van der Waals surface area contributed by atoms with Gasteiger partial charge in [0, 0.05) is 108 Å². The summed E-state index contributed by atoms with van der Waals surface area (Å²) in [5.41, 5.74) is 14.1. The van der Waals surface area contributed by atoms with E-state index < -0.39 is 260 Å². The molecule has 0 radical (unpaired) electrons. The lowest BCUT2D eigenvalue weighted by Crippen LogP contribution is -2.62. The van der Waals surface area contributed by atoms with Crippen LogP contribution in [0.1, 0.15) is 106 Å². The van der Waals surface area contributed by atoms with Gasteiger partial charge in [-0.3, -0.25) is 76.7 Å². The second kappa shape index (κ2) is 49.5. The highest BCUT2D eigenvalue weighted by atomic mass is 32.2. The minimum atomic E-state index is -2.04. The lowest BCUT2D eigenvalue weighted by atomic mass is 9.98. The molecular formula is C96H119F2N17O21S. The van der Waals surface area contributed by atoms with Gasteiger partial charge in [-0.1, -0.05) is 143 Å². The highest BCUT2D eigenvalue weighted by Gasteiger charge is 2.48. The predicted molar refractivity (Wildman–Crippen MR) is 498 cm³/mol. The van der Waals surface area contributed by atoms with Gasteiger partial charge in [0.15, 0.2) is 11.6 Å². The van der Waals surface area contributed by atoms with Crippen LogP contribution in [0.25, 0.3) is 10.9 Å². The Morgan fingerprint density at radius 3 is 1.54 bits per heavy atom. The third kappa shape index (κ3) is 29.1. The number of rotatable bonds is 24. The van der Waals surface area contributed by atoms with E-state index in [9.17, 15) is 63.5 Å². The van der Waals surface area contributed by atoms with E-state index in [1.165, 1.54) is 83.5 Å². The fourth-order valence-electron chi connectivity index (χ4n) is 16.8. The number of aliphatic carboxylic acids is 1. The molecule has 38 nitrogen and oxygen atoms in total. The summed E-state index contributed by atoms with van der Waals surface area (Å²) in [5.74, 6) is -22.0. The minimum Gasteiger partial charge on any atom is -0.508 e. The van der Waals surface area contributed by atoms with E-state index >= 15 is 47.5 Å². The van der Waals surface area contributed by atoms with Gasteiger partial charge in [-0.2, -0.15) is 0 Å². The normalized spacial score (nSPS) is 24.3. The molecule has 3 aliphatic rings. The summed E-state index contributed by atoms with van der Waals surface area (Å²) in [7, 11) is 3.72.